The third-order valence-corrected chi connectivity index (χ3v) is 6.92. The van der Waals surface area contributed by atoms with Crippen molar-refractivity contribution in [2.75, 3.05) is 0 Å². The summed E-state index contributed by atoms with van der Waals surface area (Å²) < 4.78 is 94.5. The number of aromatic nitrogens is 2. The Morgan fingerprint density at radius 1 is 1.14 bits per heavy atom. The number of oxime groups is 1. The number of rotatable bonds is 3. The summed E-state index contributed by atoms with van der Waals surface area (Å²) >= 11 is 11.4. The van der Waals surface area contributed by atoms with Crippen LogP contribution in [-0.2, 0) is 23.5 Å². The Hall–Kier alpha value is -2.87. The number of nitrogens with zero attached hydrogens (tertiary/aromatic N) is 4. The molecule has 1 fully saturated rings. The predicted molar refractivity (Wildman–Crippen MR) is 114 cm³/mol. The van der Waals surface area contributed by atoms with Gasteiger partial charge in [0.15, 0.2) is 5.82 Å². The van der Waals surface area contributed by atoms with Crippen molar-refractivity contribution >= 4 is 34.9 Å². The van der Waals surface area contributed by atoms with Crippen molar-refractivity contribution in [3.63, 3.8) is 0 Å². The molecule has 0 spiro atoms. The lowest BCUT2D eigenvalue weighted by Gasteiger charge is -2.30. The molecule has 2 aliphatic heterocycles. The van der Waals surface area contributed by atoms with Gasteiger partial charge >= 0.3 is 12.4 Å². The minimum Gasteiger partial charge on any atom is -0.372 e. The number of amidine groups is 1. The Bertz CT molecular complexity index is 1300. The summed E-state index contributed by atoms with van der Waals surface area (Å²) in [4.78, 5) is 26.6. The van der Waals surface area contributed by atoms with E-state index in [-0.39, 0.29) is 31.2 Å². The number of benzene rings is 1. The summed E-state index contributed by atoms with van der Waals surface area (Å²) in [7, 11) is 0. The molecule has 1 aromatic carbocycles. The van der Waals surface area contributed by atoms with Gasteiger partial charge in [-0.15, -0.1) is 0 Å². The summed E-state index contributed by atoms with van der Waals surface area (Å²) in [6.45, 7) is -0.0230. The van der Waals surface area contributed by atoms with Crippen molar-refractivity contribution < 1.29 is 40.4 Å². The maximum absolute atomic E-state index is 14.2. The minimum atomic E-state index is -4.99. The van der Waals surface area contributed by atoms with Crippen LogP contribution in [0.5, 0.6) is 0 Å². The first-order valence-electron chi connectivity index (χ1n) is 10.6. The summed E-state index contributed by atoms with van der Waals surface area (Å²) in [5, 5.41) is 4.61. The number of hydrogen-bond donors (Lipinski definition) is 1. The molecule has 2 aromatic rings. The maximum Gasteiger partial charge on any atom is 0.435 e. The first-order chi connectivity index (χ1) is 17.2. The van der Waals surface area contributed by atoms with Crippen molar-refractivity contribution in [2.24, 2.45) is 11.1 Å². The summed E-state index contributed by atoms with van der Waals surface area (Å²) in [5.41, 5.74) is -2.74. The van der Waals surface area contributed by atoms with E-state index < -0.39 is 63.7 Å². The number of carbonyl (C=O) groups is 1. The minimum absolute atomic E-state index is 0.0388. The number of halogens is 9. The van der Waals surface area contributed by atoms with Gasteiger partial charge in [0.05, 0.1) is 34.6 Å². The highest BCUT2D eigenvalue weighted by atomic mass is 35.5. The van der Waals surface area contributed by atoms with Gasteiger partial charge in [0.25, 0.3) is 11.5 Å². The van der Waals surface area contributed by atoms with Gasteiger partial charge in [-0.1, -0.05) is 28.4 Å². The van der Waals surface area contributed by atoms with Crippen LogP contribution in [0.15, 0.2) is 23.5 Å². The molecule has 1 saturated carbocycles. The van der Waals surface area contributed by atoms with Gasteiger partial charge in [0, 0.05) is 29.9 Å². The Morgan fingerprint density at radius 2 is 1.81 bits per heavy atom. The summed E-state index contributed by atoms with van der Waals surface area (Å²) in [6.07, 6.45) is -9.16. The number of alkyl halides is 6. The number of hydrogen-bond acceptors (Lipinski definition) is 6. The predicted octanol–water partition coefficient (Wildman–Crippen LogP) is 5.11. The molecule has 5 rings (SSSR count). The second-order valence-corrected chi connectivity index (χ2v) is 9.65. The molecular weight excluding hydrogens is 558 g/mol. The molecule has 3 unspecified atom stereocenters. The lowest BCUT2D eigenvalue weighted by atomic mass is 9.89. The number of amides is 1. The van der Waals surface area contributed by atoms with Gasteiger partial charge in [-0.05, 0) is 18.6 Å². The molecule has 3 aliphatic rings. The second-order valence-electron chi connectivity index (χ2n) is 8.84. The van der Waals surface area contributed by atoms with Crippen LogP contribution in [0, 0.1) is 11.7 Å². The molecule has 0 bridgehead atoms. The fourth-order valence-electron chi connectivity index (χ4n) is 4.24. The third-order valence-electron chi connectivity index (χ3n) is 6.37. The highest BCUT2D eigenvalue weighted by molar-refractivity contribution is 6.35. The SMILES string of the molecule is O=C(NC1CC1C(F)(F)F)c1ncc2c(n1)CN(C1=NOC(c3cc(Cl)c(F)c(Cl)c3)(C(F)(F)F)C1)C2. The molecule has 0 radical (unpaired) electrons. The lowest BCUT2D eigenvalue weighted by Crippen LogP contribution is -2.44. The highest BCUT2D eigenvalue weighted by Crippen LogP contribution is 2.50. The van der Waals surface area contributed by atoms with E-state index in [1.165, 1.54) is 11.1 Å². The van der Waals surface area contributed by atoms with Gasteiger partial charge in [-0.2, -0.15) is 26.3 Å². The quantitative estimate of drug-likeness (QED) is 0.409. The number of carbonyl (C=O) groups excluding carboxylic acids is 1. The average molecular weight is 572 g/mol. The molecule has 16 heteroatoms. The topological polar surface area (TPSA) is 79.7 Å². The van der Waals surface area contributed by atoms with Crippen LogP contribution < -0.4 is 5.32 Å². The number of nitrogens with one attached hydrogen (secondary N) is 1. The monoisotopic (exact) mass is 571 g/mol. The zero-order valence-electron chi connectivity index (χ0n) is 18.2. The molecule has 1 N–H and O–H groups in total. The van der Waals surface area contributed by atoms with Crippen molar-refractivity contribution in [2.45, 2.75) is 49.9 Å². The van der Waals surface area contributed by atoms with E-state index in [1.54, 1.807) is 0 Å². The maximum atomic E-state index is 14.2. The standard InChI is InChI=1S/C21H14Cl2F7N5O2/c22-11-1-9(2-12(23)16(11)24)19(21(28,29)30)4-15(34-37-19)35-6-8-5-31-17(32-14(8)7-35)18(36)33-13-3-10(13)20(25,26)27/h1-2,5,10,13H,3-4,6-7H2,(H,33,36). The van der Waals surface area contributed by atoms with Crippen molar-refractivity contribution in [3.8, 4) is 0 Å². The smallest absolute Gasteiger partial charge is 0.372 e. The molecule has 37 heavy (non-hydrogen) atoms. The van der Waals surface area contributed by atoms with E-state index in [9.17, 15) is 35.5 Å². The molecule has 7 nitrogen and oxygen atoms in total. The largest absolute Gasteiger partial charge is 0.435 e. The van der Waals surface area contributed by atoms with Crippen LogP contribution >= 0.6 is 23.2 Å². The van der Waals surface area contributed by atoms with Crippen LogP contribution in [0.3, 0.4) is 0 Å². The van der Waals surface area contributed by atoms with E-state index in [0.717, 1.165) is 12.1 Å². The van der Waals surface area contributed by atoms with Crippen LogP contribution in [0.1, 0.15) is 40.3 Å². The van der Waals surface area contributed by atoms with Gasteiger partial charge in [-0.3, -0.25) is 4.79 Å². The highest BCUT2D eigenvalue weighted by Gasteiger charge is 2.63. The second kappa shape index (κ2) is 8.58. The van der Waals surface area contributed by atoms with E-state index >= 15 is 0 Å². The molecule has 198 valence electrons. The van der Waals surface area contributed by atoms with Gasteiger partial charge in [-0.25, -0.2) is 14.4 Å². The Balaban J connectivity index is 1.31. The molecule has 3 heterocycles. The Labute approximate surface area is 213 Å². The zero-order valence-corrected chi connectivity index (χ0v) is 19.7. The normalized spacial score (nSPS) is 25.0. The molecule has 1 aliphatic carbocycles. The summed E-state index contributed by atoms with van der Waals surface area (Å²) in [6, 6.07) is 0.481. The molecular formula is C21H14Cl2F7N5O2. The molecule has 1 amide bonds. The van der Waals surface area contributed by atoms with E-state index in [4.69, 9.17) is 28.0 Å². The molecule has 1 aromatic heterocycles. The van der Waals surface area contributed by atoms with E-state index in [0.29, 0.717) is 11.3 Å². The molecule has 3 atom stereocenters. The van der Waals surface area contributed by atoms with Crippen molar-refractivity contribution in [3.05, 3.63) is 56.8 Å². The Morgan fingerprint density at radius 3 is 2.41 bits per heavy atom. The van der Waals surface area contributed by atoms with Crippen molar-refractivity contribution in [1.29, 1.82) is 0 Å². The fourth-order valence-corrected chi connectivity index (χ4v) is 4.73. The van der Waals surface area contributed by atoms with Gasteiger partial charge in [0.1, 0.15) is 5.84 Å². The number of fused-ring (bicyclic) bond motifs is 1. The zero-order chi connectivity index (χ0) is 26.9. The van der Waals surface area contributed by atoms with Crippen molar-refractivity contribution in [1.82, 2.24) is 20.2 Å². The van der Waals surface area contributed by atoms with Crippen LogP contribution in [0.2, 0.25) is 10.0 Å². The lowest BCUT2D eigenvalue weighted by molar-refractivity contribution is -0.275. The van der Waals surface area contributed by atoms with Crippen LogP contribution in [-0.4, -0.2) is 45.0 Å². The van der Waals surface area contributed by atoms with Gasteiger partial charge < -0.3 is 15.1 Å². The van der Waals surface area contributed by atoms with Crippen LogP contribution in [0.4, 0.5) is 30.7 Å². The third kappa shape index (κ3) is 4.54. The Kier molecular flexibility index (Phi) is 5.98. The summed E-state index contributed by atoms with van der Waals surface area (Å²) in [5.74, 6) is -4.06. The molecule has 0 saturated heterocycles. The first kappa shape index (κ1) is 25.8. The van der Waals surface area contributed by atoms with E-state index in [1.807, 2.05) is 0 Å². The fraction of sp³-hybridized carbons (Fsp3) is 0.429. The van der Waals surface area contributed by atoms with Crippen LogP contribution in [0.25, 0.3) is 0 Å². The van der Waals surface area contributed by atoms with E-state index in [2.05, 4.69) is 20.4 Å². The first-order valence-corrected chi connectivity index (χ1v) is 11.4. The van der Waals surface area contributed by atoms with Gasteiger partial charge in [0.2, 0.25) is 5.82 Å². The average Bonchev–Trinajstić information content (AvgIpc) is 3.25.